The van der Waals surface area contributed by atoms with E-state index in [4.69, 9.17) is 14.0 Å². The molecule has 2 heterocycles. The molecule has 0 spiro atoms. The maximum absolute atomic E-state index is 12.0. The monoisotopic (exact) mass is 459 g/mol. The van der Waals surface area contributed by atoms with E-state index < -0.39 is 12.1 Å². The number of carbonyl (C=O) groups is 2. The van der Waals surface area contributed by atoms with Gasteiger partial charge in [-0.2, -0.15) is 0 Å². The van der Waals surface area contributed by atoms with Crippen molar-refractivity contribution < 1.29 is 28.7 Å². The van der Waals surface area contributed by atoms with E-state index in [9.17, 15) is 14.7 Å². The van der Waals surface area contributed by atoms with Crippen molar-refractivity contribution in [3.8, 4) is 17.2 Å². The van der Waals surface area contributed by atoms with Crippen molar-refractivity contribution in [2.45, 2.75) is 77.9 Å². The predicted octanol–water partition coefficient (Wildman–Crippen LogP) is 4.87. The van der Waals surface area contributed by atoms with Gasteiger partial charge in [-0.15, -0.1) is 0 Å². The highest BCUT2D eigenvalue weighted by Gasteiger charge is 2.28. The van der Waals surface area contributed by atoms with E-state index in [1.807, 2.05) is 0 Å². The van der Waals surface area contributed by atoms with Gasteiger partial charge in [-0.05, 0) is 51.2 Å². The second-order valence-electron chi connectivity index (χ2n) is 8.45. The van der Waals surface area contributed by atoms with E-state index in [-0.39, 0.29) is 18.6 Å². The lowest BCUT2D eigenvalue weighted by atomic mass is 9.87. The van der Waals surface area contributed by atoms with E-state index >= 15 is 0 Å². The number of pyridine rings is 1. The minimum atomic E-state index is -0.765. The normalized spacial score (nSPS) is 18.0. The number of carboxylic acids is 1. The van der Waals surface area contributed by atoms with Gasteiger partial charge < -0.3 is 24.4 Å². The maximum atomic E-state index is 12.0. The minimum absolute atomic E-state index is 0.132. The minimum Gasteiger partial charge on any atom is -0.489 e. The molecule has 0 saturated heterocycles. The molecule has 9 heteroatoms. The molecule has 1 fully saturated rings. The Labute approximate surface area is 193 Å². The van der Waals surface area contributed by atoms with Crippen molar-refractivity contribution >= 4 is 12.1 Å². The number of ether oxygens (including phenoxy) is 2. The summed E-state index contributed by atoms with van der Waals surface area (Å²) in [5, 5.41) is 16.0. The Bertz CT molecular complexity index is 911. The second kappa shape index (κ2) is 12.2. The molecule has 1 aliphatic rings. The first kappa shape index (κ1) is 24.5. The van der Waals surface area contributed by atoms with Gasteiger partial charge >= 0.3 is 12.1 Å². The lowest BCUT2D eigenvalue weighted by Crippen LogP contribution is -2.29. The summed E-state index contributed by atoms with van der Waals surface area (Å²) in [6.45, 7) is 4.56. The summed E-state index contributed by atoms with van der Waals surface area (Å²) < 4.78 is 16.6. The van der Waals surface area contributed by atoms with Crippen LogP contribution in [-0.4, -0.2) is 40.0 Å². The Morgan fingerprint density at radius 2 is 2.09 bits per heavy atom. The smallest absolute Gasteiger partial charge is 0.407 e. The number of unbranched alkanes of at least 4 members (excludes halogenated alkanes) is 3. The fourth-order valence-corrected chi connectivity index (χ4v) is 3.96. The van der Waals surface area contributed by atoms with Gasteiger partial charge in [0, 0.05) is 5.56 Å². The fraction of sp³-hybridized carbons (Fsp3) is 0.583. The molecular formula is C24H33N3O6. The second-order valence-corrected chi connectivity index (χ2v) is 8.45. The van der Waals surface area contributed by atoms with Gasteiger partial charge in [-0.25, -0.2) is 9.78 Å². The van der Waals surface area contributed by atoms with Crippen LogP contribution in [0.4, 0.5) is 4.79 Å². The molecular weight excluding hydrogens is 426 g/mol. The SMILES string of the molecule is CCCCCCOC(=O)NCc1c(C)noc1-c1ccc(O[C@H]2CCC[C@H](C(=O)O)C2)cn1. The molecule has 9 nitrogen and oxygen atoms in total. The van der Waals surface area contributed by atoms with Gasteiger partial charge in [0.15, 0.2) is 5.76 Å². The number of rotatable bonds is 11. The first-order valence-electron chi connectivity index (χ1n) is 11.7. The number of nitrogens with one attached hydrogen (secondary N) is 1. The summed E-state index contributed by atoms with van der Waals surface area (Å²) in [6.07, 6.45) is 8.03. The van der Waals surface area contributed by atoms with E-state index in [0.29, 0.717) is 42.3 Å². The Kier molecular flexibility index (Phi) is 9.09. The number of alkyl carbamates (subject to hydrolysis) is 1. The third-order valence-corrected chi connectivity index (χ3v) is 5.87. The lowest BCUT2D eigenvalue weighted by molar-refractivity contribution is -0.143. The van der Waals surface area contributed by atoms with Crippen LogP contribution in [0, 0.1) is 12.8 Å². The summed E-state index contributed by atoms with van der Waals surface area (Å²) in [7, 11) is 0. The molecule has 0 aliphatic heterocycles. The zero-order chi connectivity index (χ0) is 23.6. The summed E-state index contributed by atoms with van der Waals surface area (Å²) >= 11 is 0. The predicted molar refractivity (Wildman–Crippen MR) is 121 cm³/mol. The van der Waals surface area contributed by atoms with Gasteiger partial charge in [0.2, 0.25) is 0 Å². The van der Waals surface area contributed by atoms with Crippen LogP contribution < -0.4 is 10.1 Å². The number of aromatic nitrogens is 2. The van der Waals surface area contributed by atoms with Gasteiger partial charge in [0.25, 0.3) is 0 Å². The number of aliphatic carboxylic acids is 1. The van der Waals surface area contributed by atoms with Crippen LogP contribution in [0.5, 0.6) is 5.75 Å². The number of nitrogens with zero attached hydrogens (tertiary/aromatic N) is 2. The van der Waals surface area contributed by atoms with E-state index in [1.165, 1.54) is 0 Å². The molecule has 0 bridgehead atoms. The Hall–Kier alpha value is -3.10. The highest BCUT2D eigenvalue weighted by Crippen LogP contribution is 2.29. The van der Waals surface area contributed by atoms with Crippen LogP contribution >= 0.6 is 0 Å². The van der Waals surface area contributed by atoms with Crippen molar-refractivity contribution in [1.29, 1.82) is 0 Å². The van der Waals surface area contributed by atoms with Crippen molar-refractivity contribution in [2.75, 3.05) is 6.61 Å². The molecule has 33 heavy (non-hydrogen) atoms. The van der Waals surface area contributed by atoms with Crippen LogP contribution in [0.2, 0.25) is 0 Å². The van der Waals surface area contributed by atoms with Crippen LogP contribution in [0.3, 0.4) is 0 Å². The first-order chi connectivity index (χ1) is 16.0. The van der Waals surface area contributed by atoms with Crippen LogP contribution in [0.25, 0.3) is 11.5 Å². The summed E-state index contributed by atoms with van der Waals surface area (Å²) in [4.78, 5) is 27.7. The average Bonchev–Trinajstić information content (AvgIpc) is 3.18. The molecule has 2 N–H and O–H groups in total. The number of amides is 1. The lowest BCUT2D eigenvalue weighted by Gasteiger charge is -2.27. The molecule has 1 amide bonds. The first-order valence-corrected chi connectivity index (χ1v) is 11.7. The molecule has 2 aromatic rings. The van der Waals surface area contributed by atoms with Crippen molar-refractivity contribution in [2.24, 2.45) is 5.92 Å². The summed E-state index contributed by atoms with van der Waals surface area (Å²) in [5.74, 6) is -0.0616. The standard InChI is InChI=1S/C24H33N3O6/c1-3-4-5-6-12-31-24(30)26-15-20-16(2)27-33-22(20)21-11-10-19(14-25-21)32-18-9-7-8-17(13-18)23(28)29/h10-11,14,17-18H,3-9,12-13,15H2,1-2H3,(H,26,30)(H,28,29)/t17-,18-/m0/s1. The van der Waals surface area contributed by atoms with Crippen molar-refractivity contribution in [3.05, 3.63) is 29.6 Å². The summed E-state index contributed by atoms with van der Waals surface area (Å²) in [5.41, 5.74) is 1.97. The van der Waals surface area contributed by atoms with Gasteiger partial charge in [0.1, 0.15) is 11.4 Å². The molecule has 180 valence electrons. The number of hydrogen-bond acceptors (Lipinski definition) is 7. The molecule has 0 unspecified atom stereocenters. The molecule has 2 aromatic heterocycles. The molecule has 0 aromatic carbocycles. The van der Waals surface area contributed by atoms with Crippen LogP contribution in [-0.2, 0) is 16.1 Å². The molecule has 0 radical (unpaired) electrons. The molecule has 1 saturated carbocycles. The molecule has 1 aliphatic carbocycles. The van der Waals surface area contributed by atoms with Gasteiger partial charge in [-0.1, -0.05) is 31.3 Å². The van der Waals surface area contributed by atoms with E-state index in [0.717, 1.165) is 44.1 Å². The van der Waals surface area contributed by atoms with E-state index in [2.05, 4.69) is 22.4 Å². The molecule has 3 rings (SSSR count). The van der Waals surface area contributed by atoms with Crippen LogP contribution in [0.1, 0.15) is 69.5 Å². The number of carbonyl (C=O) groups excluding carboxylic acids is 1. The topological polar surface area (TPSA) is 124 Å². The number of aryl methyl sites for hydroxylation is 1. The third-order valence-electron chi connectivity index (χ3n) is 5.87. The highest BCUT2D eigenvalue weighted by molar-refractivity contribution is 5.70. The Morgan fingerprint density at radius 3 is 2.82 bits per heavy atom. The number of carboxylic acid groups (broad SMARTS) is 1. The van der Waals surface area contributed by atoms with Gasteiger partial charge in [0.05, 0.1) is 37.1 Å². The highest BCUT2D eigenvalue weighted by atomic mass is 16.5. The average molecular weight is 460 g/mol. The third kappa shape index (κ3) is 7.20. The Balaban J connectivity index is 1.55. The maximum Gasteiger partial charge on any atom is 0.407 e. The quantitative estimate of drug-likeness (QED) is 0.456. The van der Waals surface area contributed by atoms with Crippen molar-refractivity contribution in [3.63, 3.8) is 0 Å². The molecule has 2 atom stereocenters. The summed E-state index contributed by atoms with van der Waals surface area (Å²) in [6, 6.07) is 3.55. The largest absolute Gasteiger partial charge is 0.489 e. The Morgan fingerprint density at radius 1 is 1.24 bits per heavy atom. The van der Waals surface area contributed by atoms with E-state index in [1.54, 1.807) is 25.3 Å². The number of hydrogen-bond donors (Lipinski definition) is 2. The zero-order valence-corrected chi connectivity index (χ0v) is 19.3. The van der Waals surface area contributed by atoms with Crippen LogP contribution in [0.15, 0.2) is 22.9 Å². The van der Waals surface area contributed by atoms with Crippen molar-refractivity contribution in [1.82, 2.24) is 15.5 Å². The zero-order valence-electron chi connectivity index (χ0n) is 19.3. The fourth-order valence-electron chi connectivity index (χ4n) is 3.96. The van der Waals surface area contributed by atoms with Gasteiger partial charge in [-0.3, -0.25) is 4.79 Å².